The summed E-state index contributed by atoms with van der Waals surface area (Å²) >= 11 is 0. The van der Waals surface area contributed by atoms with Crippen LogP contribution in [0, 0.1) is 0 Å². The molecule has 0 spiro atoms. The number of carbonyl (C=O) groups is 1. The Bertz CT molecular complexity index is 816. The molecule has 1 heterocycles. The van der Waals surface area contributed by atoms with E-state index < -0.39 is 0 Å². The van der Waals surface area contributed by atoms with Crippen molar-refractivity contribution in [1.82, 2.24) is 15.3 Å². The first-order valence-electron chi connectivity index (χ1n) is 9.35. The molecule has 5 nitrogen and oxygen atoms in total. The highest BCUT2D eigenvalue weighted by molar-refractivity contribution is 5.67. The van der Waals surface area contributed by atoms with Gasteiger partial charge in [0.15, 0.2) is 0 Å². The molecule has 2 N–H and O–H groups in total. The first-order valence-corrected chi connectivity index (χ1v) is 9.35. The van der Waals surface area contributed by atoms with Crippen molar-refractivity contribution in [3.63, 3.8) is 0 Å². The number of rotatable bonds is 9. The number of ether oxygens (including phenoxy) is 1. The van der Waals surface area contributed by atoms with Gasteiger partial charge in [0.2, 0.25) is 0 Å². The molecule has 0 radical (unpaired) electrons. The van der Waals surface area contributed by atoms with Gasteiger partial charge in [-0.2, -0.15) is 0 Å². The molecule has 0 saturated carbocycles. The Balaban J connectivity index is 1.26. The minimum Gasteiger partial charge on any atom is -0.445 e. The van der Waals surface area contributed by atoms with Crippen molar-refractivity contribution >= 4 is 6.09 Å². The van der Waals surface area contributed by atoms with Gasteiger partial charge in [-0.15, -0.1) is 0 Å². The highest BCUT2D eigenvalue weighted by Crippen LogP contribution is 2.16. The number of amides is 1. The third-order valence-corrected chi connectivity index (χ3v) is 4.29. The summed E-state index contributed by atoms with van der Waals surface area (Å²) in [6.07, 6.45) is 5.41. The number of alkyl carbamates (subject to hydrolysis) is 1. The van der Waals surface area contributed by atoms with Gasteiger partial charge in [0.25, 0.3) is 0 Å². The maximum atomic E-state index is 11.7. The molecule has 5 heteroatoms. The van der Waals surface area contributed by atoms with E-state index in [1.54, 1.807) is 0 Å². The van der Waals surface area contributed by atoms with Gasteiger partial charge in [0, 0.05) is 13.0 Å². The van der Waals surface area contributed by atoms with Crippen LogP contribution >= 0.6 is 0 Å². The second-order valence-electron chi connectivity index (χ2n) is 6.41. The number of carbonyl (C=O) groups excluding carboxylic acids is 1. The van der Waals surface area contributed by atoms with Gasteiger partial charge in [-0.3, -0.25) is 0 Å². The number of nitrogens with one attached hydrogen (secondary N) is 2. The number of nitrogens with zero attached hydrogens (tertiary/aromatic N) is 1. The fourth-order valence-corrected chi connectivity index (χ4v) is 2.81. The number of imidazole rings is 1. The molecule has 0 saturated heterocycles. The predicted octanol–water partition coefficient (Wildman–Crippen LogP) is 4.72. The van der Waals surface area contributed by atoms with Crippen molar-refractivity contribution in [3.05, 3.63) is 78.2 Å². The quantitative estimate of drug-likeness (QED) is 0.541. The number of aryl methyl sites for hydroxylation is 1. The topological polar surface area (TPSA) is 67.0 Å². The van der Waals surface area contributed by atoms with Gasteiger partial charge >= 0.3 is 6.09 Å². The van der Waals surface area contributed by atoms with Crippen molar-refractivity contribution in [3.8, 4) is 11.3 Å². The Kier molecular flexibility index (Phi) is 7.04. The van der Waals surface area contributed by atoms with Crippen LogP contribution in [-0.2, 0) is 17.8 Å². The van der Waals surface area contributed by atoms with Crippen molar-refractivity contribution in [1.29, 1.82) is 0 Å². The molecule has 0 aliphatic heterocycles. The fraction of sp³-hybridized carbons (Fsp3) is 0.273. The van der Waals surface area contributed by atoms with Crippen LogP contribution in [0.4, 0.5) is 4.79 Å². The molecule has 1 amide bonds. The molecule has 1 aromatic heterocycles. The zero-order valence-corrected chi connectivity index (χ0v) is 15.4. The number of unbranched alkanes of at least 4 members (excludes halogenated alkanes) is 2. The van der Waals surface area contributed by atoms with E-state index in [4.69, 9.17) is 4.74 Å². The number of H-pyrrole nitrogens is 1. The van der Waals surface area contributed by atoms with Gasteiger partial charge in [0.1, 0.15) is 12.4 Å². The summed E-state index contributed by atoms with van der Waals surface area (Å²) < 4.78 is 5.18. The van der Waals surface area contributed by atoms with E-state index in [-0.39, 0.29) is 6.09 Å². The number of hydrogen-bond acceptors (Lipinski definition) is 3. The van der Waals surface area contributed by atoms with E-state index in [0.29, 0.717) is 13.2 Å². The highest BCUT2D eigenvalue weighted by atomic mass is 16.5. The molecule has 0 fully saturated rings. The molecule has 3 aromatic rings. The third kappa shape index (κ3) is 6.29. The Morgan fingerprint density at radius 1 is 0.963 bits per heavy atom. The molecular formula is C22H25N3O2. The first kappa shape index (κ1) is 18.7. The van der Waals surface area contributed by atoms with Gasteiger partial charge in [-0.05, 0) is 24.0 Å². The summed E-state index contributed by atoms with van der Waals surface area (Å²) in [4.78, 5) is 19.5. The highest BCUT2D eigenvalue weighted by Gasteiger charge is 2.04. The number of aromatic amines is 1. The second-order valence-corrected chi connectivity index (χ2v) is 6.41. The molecular weight excluding hydrogens is 338 g/mol. The van der Waals surface area contributed by atoms with Crippen LogP contribution in [-0.4, -0.2) is 22.6 Å². The lowest BCUT2D eigenvalue weighted by Gasteiger charge is -2.07. The zero-order chi connectivity index (χ0) is 18.7. The minimum atomic E-state index is -0.364. The fourth-order valence-electron chi connectivity index (χ4n) is 2.81. The molecule has 0 aliphatic carbocycles. The normalized spacial score (nSPS) is 10.5. The van der Waals surface area contributed by atoms with E-state index >= 15 is 0 Å². The maximum absolute atomic E-state index is 11.7. The summed E-state index contributed by atoms with van der Waals surface area (Å²) in [6, 6.07) is 19.9. The summed E-state index contributed by atoms with van der Waals surface area (Å²) in [5.41, 5.74) is 3.18. The standard InChI is InChI=1S/C22H25N3O2/c26-22(27-17-18-10-4-1-5-11-18)23-15-9-3-8-14-21-24-16-20(25-21)19-12-6-2-7-13-19/h1-2,4-7,10-13,16H,3,8-9,14-15,17H2,(H,23,26)(H,24,25). The molecule has 140 valence electrons. The van der Waals surface area contributed by atoms with Crippen molar-refractivity contribution in [2.45, 2.75) is 32.3 Å². The van der Waals surface area contributed by atoms with Crippen LogP contribution in [0.3, 0.4) is 0 Å². The third-order valence-electron chi connectivity index (χ3n) is 4.29. The number of aromatic nitrogens is 2. The summed E-state index contributed by atoms with van der Waals surface area (Å²) in [7, 11) is 0. The molecule has 0 atom stereocenters. The minimum absolute atomic E-state index is 0.301. The lowest BCUT2D eigenvalue weighted by atomic mass is 10.2. The van der Waals surface area contributed by atoms with Crippen molar-refractivity contribution in [2.24, 2.45) is 0 Å². The van der Waals surface area contributed by atoms with E-state index in [1.807, 2.05) is 54.7 Å². The molecule has 0 unspecified atom stereocenters. The maximum Gasteiger partial charge on any atom is 0.407 e. The Morgan fingerprint density at radius 3 is 2.48 bits per heavy atom. The smallest absolute Gasteiger partial charge is 0.407 e. The monoisotopic (exact) mass is 363 g/mol. The lowest BCUT2D eigenvalue weighted by Crippen LogP contribution is -2.25. The number of hydrogen-bond donors (Lipinski definition) is 2. The first-order chi connectivity index (χ1) is 13.3. The van der Waals surface area contributed by atoms with Gasteiger partial charge in [0.05, 0.1) is 11.9 Å². The second kappa shape index (κ2) is 10.2. The van der Waals surface area contributed by atoms with E-state index in [1.165, 1.54) is 0 Å². The van der Waals surface area contributed by atoms with Gasteiger partial charge in [-0.25, -0.2) is 9.78 Å². The van der Waals surface area contributed by atoms with Crippen LogP contribution in [0.1, 0.15) is 30.7 Å². The Morgan fingerprint density at radius 2 is 1.70 bits per heavy atom. The van der Waals surface area contributed by atoms with Crippen LogP contribution in [0.25, 0.3) is 11.3 Å². The number of benzene rings is 2. The van der Waals surface area contributed by atoms with Crippen molar-refractivity contribution < 1.29 is 9.53 Å². The lowest BCUT2D eigenvalue weighted by molar-refractivity contribution is 0.139. The van der Waals surface area contributed by atoms with Gasteiger partial charge in [-0.1, -0.05) is 67.1 Å². The summed E-state index contributed by atoms with van der Waals surface area (Å²) in [5, 5.41) is 2.79. The van der Waals surface area contributed by atoms with E-state index in [2.05, 4.69) is 27.4 Å². The zero-order valence-electron chi connectivity index (χ0n) is 15.4. The predicted molar refractivity (Wildman–Crippen MR) is 106 cm³/mol. The van der Waals surface area contributed by atoms with Crippen LogP contribution < -0.4 is 5.32 Å². The SMILES string of the molecule is O=C(NCCCCCc1ncc(-c2ccccc2)[nH]1)OCc1ccccc1. The average molecular weight is 363 g/mol. The molecule has 2 aromatic carbocycles. The molecule has 27 heavy (non-hydrogen) atoms. The summed E-state index contributed by atoms with van der Waals surface area (Å²) in [6.45, 7) is 0.927. The average Bonchev–Trinajstić information content (AvgIpc) is 3.19. The van der Waals surface area contributed by atoms with Crippen LogP contribution in [0.2, 0.25) is 0 Å². The molecule has 0 aliphatic rings. The van der Waals surface area contributed by atoms with Crippen LogP contribution in [0.5, 0.6) is 0 Å². The van der Waals surface area contributed by atoms with E-state index in [0.717, 1.165) is 48.3 Å². The van der Waals surface area contributed by atoms with Gasteiger partial charge < -0.3 is 15.0 Å². The summed E-state index contributed by atoms with van der Waals surface area (Å²) in [5.74, 6) is 1.00. The van der Waals surface area contributed by atoms with Crippen LogP contribution in [0.15, 0.2) is 66.9 Å². The Hall–Kier alpha value is -3.08. The van der Waals surface area contributed by atoms with Crippen molar-refractivity contribution in [2.75, 3.05) is 6.54 Å². The largest absolute Gasteiger partial charge is 0.445 e. The Labute approximate surface area is 159 Å². The molecule has 3 rings (SSSR count). The molecule has 0 bridgehead atoms. The van der Waals surface area contributed by atoms with E-state index in [9.17, 15) is 4.79 Å².